The van der Waals surface area contributed by atoms with Gasteiger partial charge in [0.25, 0.3) is 10.1 Å². The first-order valence-corrected chi connectivity index (χ1v) is 12.6. The smallest absolute Gasteiger partial charge is 0.352 e. The number of carbonyl (C=O) groups excluding carboxylic acids is 1. The van der Waals surface area contributed by atoms with Gasteiger partial charge in [0.1, 0.15) is 12.3 Å². The highest BCUT2D eigenvalue weighted by Crippen LogP contribution is 2.22. The molecule has 1 aromatic carbocycles. The van der Waals surface area contributed by atoms with Crippen molar-refractivity contribution >= 4 is 16.0 Å². The molecule has 0 atom stereocenters. The highest BCUT2D eigenvalue weighted by Gasteiger charge is 2.21. The molecule has 188 valence electrons. The summed E-state index contributed by atoms with van der Waals surface area (Å²) < 4.78 is 34.7. The topological polar surface area (TPSA) is 134 Å². The minimum Gasteiger partial charge on any atom is -0.497 e. The average molecular weight is 504 g/mol. The lowest BCUT2D eigenvalue weighted by Crippen LogP contribution is -2.43. The number of hydrogen-bond acceptors (Lipinski definition) is 8. The van der Waals surface area contributed by atoms with Crippen LogP contribution in [-0.2, 0) is 32.1 Å². The van der Waals surface area contributed by atoms with E-state index in [-0.39, 0.29) is 30.7 Å². The third kappa shape index (κ3) is 7.23. The van der Waals surface area contributed by atoms with Crippen LogP contribution in [0.3, 0.4) is 0 Å². The van der Waals surface area contributed by atoms with Crippen molar-refractivity contribution in [3.8, 4) is 23.0 Å². The van der Waals surface area contributed by atoms with Crippen molar-refractivity contribution in [2.24, 2.45) is 0 Å². The molecule has 11 nitrogen and oxygen atoms in total. The van der Waals surface area contributed by atoms with E-state index < -0.39 is 21.3 Å². The van der Waals surface area contributed by atoms with Gasteiger partial charge < -0.3 is 10.1 Å². The molecule has 0 spiro atoms. The van der Waals surface area contributed by atoms with Crippen LogP contribution < -0.4 is 15.7 Å². The first-order valence-electron chi connectivity index (χ1n) is 10.8. The number of pyridine rings is 1. The van der Waals surface area contributed by atoms with E-state index in [1.54, 1.807) is 36.4 Å². The van der Waals surface area contributed by atoms with E-state index in [4.69, 9.17) is 8.92 Å². The monoisotopic (exact) mass is 503 g/mol. The van der Waals surface area contributed by atoms with E-state index in [0.29, 0.717) is 17.7 Å². The van der Waals surface area contributed by atoms with Crippen LogP contribution in [0, 0.1) is 0 Å². The Kier molecular flexibility index (Phi) is 7.76. The fraction of sp³-hybridized carbons (Fsp3) is 0.391. The normalized spacial score (nSPS) is 11.9. The zero-order chi connectivity index (χ0) is 25.8. The summed E-state index contributed by atoms with van der Waals surface area (Å²) >= 11 is 0. The molecule has 2 aromatic heterocycles. The van der Waals surface area contributed by atoms with E-state index in [9.17, 15) is 18.0 Å². The van der Waals surface area contributed by atoms with Gasteiger partial charge >= 0.3 is 5.69 Å². The molecule has 0 aliphatic carbocycles. The van der Waals surface area contributed by atoms with Crippen molar-refractivity contribution in [2.45, 2.75) is 39.3 Å². The Bertz CT molecular complexity index is 1350. The molecule has 0 aliphatic heterocycles. The van der Waals surface area contributed by atoms with Crippen LogP contribution in [-0.4, -0.2) is 59.2 Å². The molecule has 1 amide bonds. The molecule has 0 aliphatic rings. The summed E-state index contributed by atoms with van der Waals surface area (Å²) in [6, 6.07) is 10.3. The molecule has 0 unspecified atom stereocenters. The first-order chi connectivity index (χ1) is 16.4. The van der Waals surface area contributed by atoms with E-state index in [1.807, 2.05) is 20.8 Å². The van der Waals surface area contributed by atoms with Crippen LogP contribution in [0.15, 0.2) is 47.4 Å². The second-order valence-electron chi connectivity index (χ2n) is 8.94. The van der Waals surface area contributed by atoms with Crippen molar-refractivity contribution in [1.29, 1.82) is 0 Å². The van der Waals surface area contributed by atoms with Gasteiger partial charge in [0.2, 0.25) is 5.91 Å². The third-order valence-corrected chi connectivity index (χ3v) is 5.32. The molecule has 2 heterocycles. The third-order valence-electron chi connectivity index (χ3n) is 4.72. The summed E-state index contributed by atoms with van der Waals surface area (Å²) in [5.41, 5.74) is 0.318. The Balaban J connectivity index is 1.97. The second kappa shape index (κ2) is 10.4. The number of carbonyl (C=O) groups is 1. The van der Waals surface area contributed by atoms with Crippen LogP contribution in [0.5, 0.6) is 5.75 Å². The van der Waals surface area contributed by atoms with Crippen molar-refractivity contribution < 1.29 is 22.1 Å². The molecule has 0 saturated carbocycles. The number of amides is 1. The number of aromatic nitrogens is 4. The molecule has 0 radical (unpaired) electrons. The molecule has 0 fully saturated rings. The highest BCUT2D eigenvalue weighted by atomic mass is 32.2. The molecule has 35 heavy (non-hydrogen) atoms. The quantitative estimate of drug-likeness (QED) is 0.435. The van der Waals surface area contributed by atoms with Crippen LogP contribution in [0.4, 0.5) is 0 Å². The van der Waals surface area contributed by atoms with Crippen LogP contribution in [0.1, 0.15) is 26.3 Å². The minimum absolute atomic E-state index is 0.0166. The number of methoxy groups -OCH3 is 1. The van der Waals surface area contributed by atoms with Crippen molar-refractivity contribution in [3.63, 3.8) is 0 Å². The van der Waals surface area contributed by atoms with E-state index >= 15 is 0 Å². The largest absolute Gasteiger partial charge is 0.497 e. The summed E-state index contributed by atoms with van der Waals surface area (Å²) in [7, 11) is -1.99. The Morgan fingerprint density at radius 1 is 1.17 bits per heavy atom. The summed E-state index contributed by atoms with van der Waals surface area (Å²) in [6.07, 6.45) is 2.83. The summed E-state index contributed by atoms with van der Waals surface area (Å²) in [4.78, 5) is 30.3. The summed E-state index contributed by atoms with van der Waals surface area (Å²) in [6.45, 7) is 5.31. The number of rotatable bonds is 9. The first kappa shape index (κ1) is 26.1. The van der Waals surface area contributed by atoms with E-state index in [1.165, 1.54) is 17.9 Å². The molecular weight excluding hydrogens is 474 g/mol. The maximum absolute atomic E-state index is 13.3. The highest BCUT2D eigenvalue weighted by molar-refractivity contribution is 7.85. The number of hydrogen-bond donors (Lipinski definition) is 1. The van der Waals surface area contributed by atoms with Gasteiger partial charge in [-0.3, -0.25) is 13.5 Å². The average Bonchev–Trinajstić information content (AvgIpc) is 3.08. The second-order valence-corrected chi connectivity index (χ2v) is 10.6. The fourth-order valence-electron chi connectivity index (χ4n) is 3.27. The van der Waals surface area contributed by atoms with Gasteiger partial charge in [0, 0.05) is 17.3 Å². The molecule has 3 aromatic rings. The lowest BCUT2D eigenvalue weighted by atomic mass is 10.1. The van der Waals surface area contributed by atoms with Crippen molar-refractivity contribution in [3.05, 3.63) is 58.6 Å². The Morgan fingerprint density at radius 3 is 2.51 bits per heavy atom. The van der Waals surface area contributed by atoms with Gasteiger partial charge in [-0.25, -0.2) is 9.78 Å². The van der Waals surface area contributed by atoms with Gasteiger partial charge in [-0.15, -0.1) is 5.10 Å². The van der Waals surface area contributed by atoms with E-state index in [2.05, 4.69) is 15.4 Å². The lowest BCUT2D eigenvalue weighted by molar-refractivity contribution is -0.123. The summed E-state index contributed by atoms with van der Waals surface area (Å²) in [5.74, 6) is 0.777. The number of nitrogens with one attached hydrogen (secondary N) is 1. The predicted molar refractivity (Wildman–Crippen MR) is 130 cm³/mol. The lowest BCUT2D eigenvalue weighted by Gasteiger charge is -2.20. The van der Waals surface area contributed by atoms with Gasteiger partial charge in [0.05, 0.1) is 20.0 Å². The Morgan fingerprint density at radius 2 is 1.91 bits per heavy atom. The maximum atomic E-state index is 13.3. The molecular formula is C23H29N5O6S. The SMILES string of the molecule is COc1cccc(-c2nn(-c3ccc(CCOS(C)(=O)=O)cn3)c(=O)n2CC(=O)NC(C)(C)C)c1. The predicted octanol–water partition coefficient (Wildman–Crippen LogP) is 1.54. The van der Waals surface area contributed by atoms with Gasteiger partial charge in [0.15, 0.2) is 11.6 Å². The fourth-order valence-corrected chi connectivity index (χ4v) is 3.65. The zero-order valence-electron chi connectivity index (χ0n) is 20.3. The summed E-state index contributed by atoms with van der Waals surface area (Å²) in [5, 5.41) is 7.32. The van der Waals surface area contributed by atoms with Crippen molar-refractivity contribution in [1.82, 2.24) is 24.6 Å². The maximum Gasteiger partial charge on any atom is 0.352 e. The molecule has 0 saturated heterocycles. The van der Waals surface area contributed by atoms with E-state index in [0.717, 1.165) is 16.5 Å². The van der Waals surface area contributed by atoms with Gasteiger partial charge in [-0.1, -0.05) is 18.2 Å². The Hall–Kier alpha value is -3.51. The molecule has 3 rings (SSSR count). The van der Waals surface area contributed by atoms with Crippen LogP contribution in [0.25, 0.3) is 17.2 Å². The minimum atomic E-state index is -3.53. The van der Waals surface area contributed by atoms with Gasteiger partial charge in [-0.05, 0) is 51.0 Å². The molecule has 12 heteroatoms. The molecule has 0 bridgehead atoms. The van der Waals surface area contributed by atoms with Crippen molar-refractivity contribution in [2.75, 3.05) is 20.0 Å². The Labute approximate surface area is 203 Å². The van der Waals surface area contributed by atoms with Crippen LogP contribution in [0.2, 0.25) is 0 Å². The molecule has 1 N–H and O–H groups in total. The van der Waals surface area contributed by atoms with Crippen LogP contribution >= 0.6 is 0 Å². The zero-order valence-corrected chi connectivity index (χ0v) is 21.1. The standard InChI is InChI=1S/C23H29N5O6S/c1-23(2,3)25-20(29)15-27-21(17-7-6-8-18(13-17)33-4)26-28(22(27)30)19-10-9-16(14-24-19)11-12-34-35(5,31)32/h6-10,13-14H,11-12,15H2,1-5H3,(H,25,29). The van der Waals surface area contributed by atoms with Gasteiger partial charge in [-0.2, -0.15) is 13.1 Å². The number of nitrogens with zero attached hydrogens (tertiary/aromatic N) is 4. The number of ether oxygens (including phenoxy) is 1. The number of benzene rings is 1.